The van der Waals surface area contributed by atoms with Gasteiger partial charge in [-0.25, -0.2) is 13.1 Å². The van der Waals surface area contributed by atoms with Crippen molar-refractivity contribution in [2.45, 2.75) is 52.0 Å². The van der Waals surface area contributed by atoms with Gasteiger partial charge in [0, 0.05) is 19.6 Å². The lowest BCUT2D eigenvalue weighted by Gasteiger charge is -2.21. The molecule has 0 aliphatic heterocycles. The first-order valence-corrected chi connectivity index (χ1v) is 11.7. The molecule has 0 radical (unpaired) electrons. The minimum Gasteiger partial charge on any atom is -0.354 e. The van der Waals surface area contributed by atoms with E-state index in [9.17, 15) is 8.42 Å². The Bertz CT molecular complexity index is 685. The summed E-state index contributed by atoms with van der Waals surface area (Å²) in [4.78, 5) is 6.73. The molecule has 0 aromatic heterocycles. The average Bonchev–Trinajstić information content (AvgIpc) is 2.69. The second-order valence-electron chi connectivity index (χ2n) is 6.92. The van der Waals surface area contributed by atoms with Gasteiger partial charge in [-0.1, -0.05) is 38.1 Å². The highest BCUT2D eigenvalue weighted by Crippen LogP contribution is 2.08. The van der Waals surface area contributed by atoms with Gasteiger partial charge in [0.2, 0.25) is 10.0 Å². The maximum atomic E-state index is 11.6. The van der Waals surface area contributed by atoms with Crippen LogP contribution < -0.4 is 15.4 Å². The molecule has 1 aromatic carbocycles. The predicted octanol–water partition coefficient (Wildman–Crippen LogP) is 1.91. The number of sulfonamides is 1. The van der Waals surface area contributed by atoms with E-state index in [-0.39, 0.29) is 5.75 Å². The normalized spacial score (nSPS) is 13.6. The monoisotopic (exact) mass is 411 g/mol. The maximum Gasteiger partial charge on any atom is 0.215 e. The summed E-state index contributed by atoms with van der Waals surface area (Å²) in [5.74, 6) is 0.767. The molecule has 0 bridgehead atoms. The number of rotatable bonds is 12. The molecule has 1 atom stereocenters. The zero-order valence-electron chi connectivity index (χ0n) is 18.0. The van der Waals surface area contributed by atoms with Crippen molar-refractivity contribution in [1.82, 2.24) is 20.3 Å². The molecule has 160 valence electrons. The molecule has 28 heavy (non-hydrogen) atoms. The van der Waals surface area contributed by atoms with E-state index < -0.39 is 10.0 Å². The first kappa shape index (κ1) is 24.4. The Morgan fingerprint density at radius 2 is 1.75 bits per heavy atom. The van der Waals surface area contributed by atoms with Crippen molar-refractivity contribution in [3.05, 3.63) is 35.4 Å². The second-order valence-corrected chi connectivity index (χ2v) is 8.85. The minimum atomic E-state index is -3.24. The van der Waals surface area contributed by atoms with Crippen molar-refractivity contribution in [3.63, 3.8) is 0 Å². The number of nitrogens with zero attached hydrogens (tertiary/aromatic N) is 2. The highest BCUT2D eigenvalue weighted by Gasteiger charge is 2.09. The van der Waals surface area contributed by atoms with Crippen LogP contribution in [0.5, 0.6) is 0 Å². The molecule has 0 fully saturated rings. The van der Waals surface area contributed by atoms with Crippen molar-refractivity contribution in [3.8, 4) is 0 Å². The first-order chi connectivity index (χ1) is 13.3. The fraction of sp³-hybridized carbons (Fsp3) is 0.650. The highest BCUT2D eigenvalue weighted by atomic mass is 32.2. The molecule has 8 heteroatoms. The molecule has 0 heterocycles. The van der Waals surface area contributed by atoms with E-state index in [0.29, 0.717) is 12.6 Å². The lowest BCUT2D eigenvalue weighted by atomic mass is 10.1. The van der Waals surface area contributed by atoms with Gasteiger partial charge in [0.25, 0.3) is 0 Å². The first-order valence-electron chi connectivity index (χ1n) is 10.0. The standard InChI is InChI=1S/C20H37N5O2S/c1-6-25(7-2)14-8-9-17(3)24-20(21-4)23-15-18-10-12-19(13-11-18)16-28(26,27)22-5/h10-13,17,22H,6-9,14-16H2,1-5H3,(H2,21,23,24). The van der Waals surface area contributed by atoms with E-state index in [1.165, 1.54) is 7.05 Å². The molecule has 0 amide bonds. The molecule has 0 aliphatic carbocycles. The molecule has 0 aliphatic rings. The number of hydrogen-bond acceptors (Lipinski definition) is 4. The number of aliphatic imine (C=N–C) groups is 1. The van der Waals surface area contributed by atoms with E-state index in [2.05, 4.69) is 46.0 Å². The van der Waals surface area contributed by atoms with Crippen molar-refractivity contribution < 1.29 is 8.42 Å². The van der Waals surface area contributed by atoms with Crippen molar-refractivity contribution in [2.24, 2.45) is 4.99 Å². The van der Waals surface area contributed by atoms with Gasteiger partial charge >= 0.3 is 0 Å². The van der Waals surface area contributed by atoms with Gasteiger partial charge in [-0.15, -0.1) is 0 Å². The molecule has 0 saturated heterocycles. The lowest BCUT2D eigenvalue weighted by molar-refractivity contribution is 0.292. The summed E-state index contributed by atoms with van der Waals surface area (Å²) in [5.41, 5.74) is 1.84. The average molecular weight is 412 g/mol. The third-order valence-electron chi connectivity index (χ3n) is 4.76. The van der Waals surface area contributed by atoms with Crippen molar-refractivity contribution >= 4 is 16.0 Å². The Kier molecular flexibility index (Phi) is 11.1. The number of guanidine groups is 1. The van der Waals surface area contributed by atoms with Crippen LogP contribution in [-0.2, 0) is 22.3 Å². The smallest absolute Gasteiger partial charge is 0.215 e. The Labute approximate surface area is 171 Å². The fourth-order valence-electron chi connectivity index (χ4n) is 2.89. The van der Waals surface area contributed by atoms with Crippen molar-refractivity contribution in [1.29, 1.82) is 0 Å². The Morgan fingerprint density at radius 1 is 1.14 bits per heavy atom. The van der Waals surface area contributed by atoms with Crippen LogP contribution in [0.15, 0.2) is 29.3 Å². The Balaban J connectivity index is 2.43. The molecule has 1 rings (SSSR count). The Morgan fingerprint density at radius 3 is 2.29 bits per heavy atom. The van der Waals surface area contributed by atoms with Gasteiger partial charge in [-0.05, 0) is 57.6 Å². The summed E-state index contributed by atoms with van der Waals surface area (Å²) >= 11 is 0. The quantitative estimate of drug-likeness (QED) is 0.361. The summed E-state index contributed by atoms with van der Waals surface area (Å²) in [6.07, 6.45) is 2.25. The second kappa shape index (κ2) is 12.7. The van der Waals surface area contributed by atoms with Crippen LogP contribution in [-0.4, -0.2) is 59.0 Å². The van der Waals surface area contributed by atoms with Gasteiger partial charge in [0.15, 0.2) is 5.96 Å². The van der Waals surface area contributed by atoms with Crippen LogP contribution in [0.3, 0.4) is 0 Å². The molecule has 0 saturated carbocycles. The summed E-state index contributed by atoms with van der Waals surface area (Å²) in [6.45, 7) is 10.5. The molecule has 7 nitrogen and oxygen atoms in total. The summed E-state index contributed by atoms with van der Waals surface area (Å²) in [7, 11) is -0.0482. The molecule has 0 spiro atoms. The molecule has 1 aromatic rings. The Hall–Kier alpha value is -1.64. The van der Waals surface area contributed by atoms with Crippen molar-refractivity contribution in [2.75, 3.05) is 33.7 Å². The zero-order chi connectivity index (χ0) is 21.0. The summed E-state index contributed by atoms with van der Waals surface area (Å²) in [5, 5.41) is 6.74. The number of nitrogens with one attached hydrogen (secondary N) is 3. The summed E-state index contributed by atoms with van der Waals surface area (Å²) < 4.78 is 25.5. The van der Waals surface area contributed by atoms with Crippen LogP contribution in [0, 0.1) is 0 Å². The van der Waals surface area contributed by atoms with Gasteiger partial charge in [-0.3, -0.25) is 4.99 Å². The molecule has 3 N–H and O–H groups in total. The number of hydrogen-bond donors (Lipinski definition) is 3. The molecular formula is C20H37N5O2S. The van der Waals surface area contributed by atoms with E-state index >= 15 is 0 Å². The van der Waals surface area contributed by atoms with E-state index in [1.54, 1.807) is 7.05 Å². The van der Waals surface area contributed by atoms with Crippen LogP contribution in [0.25, 0.3) is 0 Å². The summed E-state index contributed by atoms with van der Waals surface area (Å²) in [6, 6.07) is 7.91. The lowest BCUT2D eigenvalue weighted by Crippen LogP contribution is -2.42. The van der Waals surface area contributed by atoms with E-state index in [1.807, 2.05) is 24.3 Å². The topological polar surface area (TPSA) is 85.8 Å². The van der Waals surface area contributed by atoms with Gasteiger partial charge in [0.05, 0.1) is 5.75 Å². The highest BCUT2D eigenvalue weighted by molar-refractivity contribution is 7.88. The number of benzene rings is 1. The molecule has 1 unspecified atom stereocenters. The fourth-order valence-corrected chi connectivity index (χ4v) is 3.67. The predicted molar refractivity (Wildman–Crippen MR) is 118 cm³/mol. The van der Waals surface area contributed by atoms with Gasteiger partial charge in [0.1, 0.15) is 0 Å². The SMILES string of the molecule is CCN(CC)CCCC(C)NC(=NC)NCc1ccc(CS(=O)(=O)NC)cc1. The van der Waals surface area contributed by atoms with Crippen LogP contribution >= 0.6 is 0 Å². The largest absolute Gasteiger partial charge is 0.354 e. The van der Waals surface area contributed by atoms with Crippen LogP contribution in [0.4, 0.5) is 0 Å². The third kappa shape index (κ3) is 9.52. The van der Waals surface area contributed by atoms with E-state index in [0.717, 1.165) is 49.6 Å². The zero-order valence-corrected chi connectivity index (χ0v) is 18.8. The van der Waals surface area contributed by atoms with Crippen LogP contribution in [0.1, 0.15) is 44.7 Å². The molecular weight excluding hydrogens is 374 g/mol. The van der Waals surface area contributed by atoms with Gasteiger partial charge < -0.3 is 15.5 Å². The van der Waals surface area contributed by atoms with Gasteiger partial charge in [-0.2, -0.15) is 0 Å². The maximum absolute atomic E-state index is 11.6. The van der Waals surface area contributed by atoms with Crippen LogP contribution in [0.2, 0.25) is 0 Å². The minimum absolute atomic E-state index is 0.00849. The van der Waals surface area contributed by atoms with E-state index in [4.69, 9.17) is 0 Å². The third-order valence-corrected chi connectivity index (χ3v) is 6.10.